The number of aromatic nitrogens is 1. The molecule has 4 rings (SSSR count). The Hall–Kier alpha value is -2.64. The molecule has 0 spiro atoms. The fourth-order valence-electron chi connectivity index (χ4n) is 2.93. The predicted octanol–water partition coefficient (Wildman–Crippen LogP) is 4.74. The van der Waals surface area contributed by atoms with E-state index in [1.54, 1.807) is 23.2 Å². The van der Waals surface area contributed by atoms with E-state index in [1.165, 1.54) is 11.8 Å². The topological polar surface area (TPSA) is 62.3 Å². The molecule has 1 aliphatic rings. The van der Waals surface area contributed by atoms with Gasteiger partial charge in [0.1, 0.15) is 0 Å². The summed E-state index contributed by atoms with van der Waals surface area (Å²) in [6, 6.07) is 18.6. The average Bonchev–Trinajstić information content (AvgIpc) is 2.72. The van der Waals surface area contributed by atoms with Crippen LogP contribution in [0.5, 0.6) is 0 Å². The number of benzene rings is 2. The van der Waals surface area contributed by atoms with Gasteiger partial charge in [-0.2, -0.15) is 0 Å². The van der Waals surface area contributed by atoms with Gasteiger partial charge in [0.2, 0.25) is 5.91 Å². The molecule has 0 radical (unpaired) electrons. The van der Waals surface area contributed by atoms with Crippen LogP contribution in [0, 0.1) is 0 Å². The quantitative estimate of drug-likeness (QED) is 0.619. The molecule has 0 saturated heterocycles. The first-order valence-corrected chi connectivity index (χ1v) is 10.4. The molecule has 2 amide bonds. The maximum atomic E-state index is 13.4. The summed E-state index contributed by atoms with van der Waals surface area (Å²) < 4.78 is 0.940. The van der Waals surface area contributed by atoms with Gasteiger partial charge in [0.15, 0.2) is 0 Å². The Morgan fingerprint density at radius 3 is 2.71 bits per heavy atom. The molecule has 0 saturated carbocycles. The van der Waals surface area contributed by atoms with Crippen LogP contribution < -0.4 is 10.2 Å². The van der Waals surface area contributed by atoms with Gasteiger partial charge in [0.05, 0.1) is 23.7 Å². The second-order valence-electron chi connectivity index (χ2n) is 6.24. The van der Waals surface area contributed by atoms with Crippen LogP contribution in [0.25, 0.3) is 0 Å². The molecule has 0 unspecified atom stereocenters. The first-order chi connectivity index (χ1) is 13.6. The molecule has 0 atom stereocenters. The van der Waals surface area contributed by atoms with Crippen LogP contribution in [0.3, 0.4) is 0 Å². The number of pyridine rings is 1. The van der Waals surface area contributed by atoms with E-state index in [1.807, 2.05) is 48.5 Å². The Balaban J connectivity index is 1.69. The average molecular weight is 454 g/mol. The summed E-state index contributed by atoms with van der Waals surface area (Å²) in [7, 11) is 0. The molecule has 1 N–H and O–H groups in total. The summed E-state index contributed by atoms with van der Waals surface area (Å²) in [5.74, 6) is 0.186. The van der Waals surface area contributed by atoms with Gasteiger partial charge < -0.3 is 10.2 Å². The number of hydrogen-bond donors (Lipinski definition) is 1. The van der Waals surface area contributed by atoms with Gasteiger partial charge in [-0.25, -0.2) is 0 Å². The lowest BCUT2D eigenvalue weighted by Gasteiger charge is -2.24. The molecule has 0 fully saturated rings. The molecule has 140 valence electrons. The Labute approximate surface area is 175 Å². The normalized spacial score (nSPS) is 12.8. The summed E-state index contributed by atoms with van der Waals surface area (Å²) in [5.41, 5.74) is 2.76. The molecule has 2 heterocycles. The van der Waals surface area contributed by atoms with Gasteiger partial charge >= 0.3 is 0 Å². The number of nitrogens with zero attached hydrogens (tertiary/aromatic N) is 2. The largest absolute Gasteiger partial charge is 0.324 e. The molecule has 1 aromatic heterocycles. The number of hydrogen-bond acceptors (Lipinski definition) is 4. The third-order valence-electron chi connectivity index (χ3n) is 4.29. The Bertz CT molecular complexity index is 1030. The van der Waals surface area contributed by atoms with Gasteiger partial charge in [0.25, 0.3) is 5.91 Å². The van der Waals surface area contributed by atoms with E-state index in [0.717, 1.165) is 20.7 Å². The lowest BCUT2D eigenvalue weighted by molar-refractivity contribution is -0.113. The molecule has 1 aliphatic heterocycles. The zero-order valence-electron chi connectivity index (χ0n) is 14.8. The predicted molar refractivity (Wildman–Crippen MR) is 115 cm³/mol. The lowest BCUT2D eigenvalue weighted by Crippen LogP contribution is -2.31. The molecule has 0 bridgehead atoms. The summed E-state index contributed by atoms with van der Waals surface area (Å²) in [5, 5.41) is 2.84. The number of halogens is 1. The maximum Gasteiger partial charge on any atom is 0.258 e. The minimum absolute atomic E-state index is 0.0552. The Kier molecular flexibility index (Phi) is 5.45. The number of fused-ring (bicyclic) bond motifs is 1. The van der Waals surface area contributed by atoms with Crippen LogP contribution in [0.4, 0.5) is 11.4 Å². The second-order valence-corrected chi connectivity index (χ2v) is 8.17. The van der Waals surface area contributed by atoms with E-state index >= 15 is 0 Å². The van der Waals surface area contributed by atoms with Crippen molar-refractivity contribution in [1.29, 1.82) is 0 Å². The molecule has 0 aliphatic carbocycles. The SMILES string of the molecule is O=C1CSc2ccc(C(=O)N(Cc3ccccn3)c3ccc(Br)cc3)cc2N1. The number of rotatable bonds is 4. The fourth-order valence-corrected chi connectivity index (χ4v) is 3.98. The third-order valence-corrected chi connectivity index (χ3v) is 5.89. The molecule has 5 nitrogen and oxygen atoms in total. The van der Waals surface area contributed by atoms with Gasteiger partial charge in [0, 0.05) is 26.8 Å². The number of carbonyl (C=O) groups excluding carboxylic acids is 2. The first kappa shape index (κ1) is 18.7. The van der Waals surface area contributed by atoms with Gasteiger partial charge in [-0.05, 0) is 54.6 Å². The molecular formula is C21H16BrN3O2S. The highest BCUT2D eigenvalue weighted by Gasteiger charge is 2.22. The first-order valence-electron chi connectivity index (χ1n) is 8.64. The van der Waals surface area contributed by atoms with Crippen molar-refractivity contribution in [3.63, 3.8) is 0 Å². The minimum atomic E-state index is -0.152. The van der Waals surface area contributed by atoms with E-state index in [-0.39, 0.29) is 11.8 Å². The number of thioether (sulfide) groups is 1. The van der Waals surface area contributed by atoms with Crippen molar-refractivity contribution in [3.8, 4) is 0 Å². The monoisotopic (exact) mass is 453 g/mol. The van der Waals surface area contributed by atoms with E-state index in [4.69, 9.17) is 0 Å². The van der Waals surface area contributed by atoms with Crippen LogP contribution in [0.15, 0.2) is 76.2 Å². The smallest absolute Gasteiger partial charge is 0.258 e. The van der Waals surface area contributed by atoms with Crippen molar-refractivity contribution in [3.05, 3.63) is 82.6 Å². The van der Waals surface area contributed by atoms with Crippen LogP contribution in [-0.4, -0.2) is 22.6 Å². The van der Waals surface area contributed by atoms with Crippen LogP contribution >= 0.6 is 27.7 Å². The van der Waals surface area contributed by atoms with Gasteiger partial charge in [-0.15, -0.1) is 11.8 Å². The third kappa shape index (κ3) is 4.10. The molecule has 7 heteroatoms. The lowest BCUT2D eigenvalue weighted by atomic mass is 10.1. The number of anilines is 2. The van der Waals surface area contributed by atoms with Crippen molar-refractivity contribution in [2.75, 3.05) is 16.0 Å². The molecule has 2 aromatic carbocycles. The van der Waals surface area contributed by atoms with E-state index in [0.29, 0.717) is 23.5 Å². The second kappa shape index (κ2) is 8.16. The van der Waals surface area contributed by atoms with Crippen LogP contribution in [0.2, 0.25) is 0 Å². The summed E-state index contributed by atoms with van der Waals surface area (Å²) in [4.78, 5) is 32.1. The highest BCUT2D eigenvalue weighted by atomic mass is 79.9. The van der Waals surface area contributed by atoms with Crippen molar-refractivity contribution in [1.82, 2.24) is 4.98 Å². The van der Waals surface area contributed by atoms with Crippen molar-refractivity contribution in [2.24, 2.45) is 0 Å². The highest BCUT2D eigenvalue weighted by molar-refractivity contribution is 9.10. The summed E-state index contributed by atoms with van der Waals surface area (Å²) in [6.07, 6.45) is 1.71. The Morgan fingerprint density at radius 2 is 1.96 bits per heavy atom. The zero-order chi connectivity index (χ0) is 19.5. The van der Waals surface area contributed by atoms with E-state index in [9.17, 15) is 9.59 Å². The van der Waals surface area contributed by atoms with E-state index < -0.39 is 0 Å². The molecule has 3 aromatic rings. The van der Waals surface area contributed by atoms with Crippen LogP contribution in [0.1, 0.15) is 16.1 Å². The van der Waals surface area contributed by atoms with Crippen LogP contribution in [-0.2, 0) is 11.3 Å². The minimum Gasteiger partial charge on any atom is -0.324 e. The Morgan fingerprint density at radius 1 is 1.14 bits per heavy atom. The molecule has 28 heavy (non-hydrogen) atoms. The fraction of sp³-hybridized carbons (Fsp3) is 0.0952. The number of amides is 2. The maximum absolute atomic E-state index is 13.4. The number of nitrogens with one attached hydrogen (secondary N) is 1. The summed E-state index contributed by atoms with van der Waals surface area (Å²) in [6.45, 7) is 0.347. The van der Waals surface area contributed by atoms with Crippen molar-refractivity contribution < 1.29 is 9.59 Å². The van der Waals surface area contributed by atoms with Crippen molar-refractivity contribution >= 4 is 50.9 Å². The molecular weight excluding hydrogens is 438 g/mol. The number of carbonyl (C=O) groups is 2. The zero-order valence-corrected chi connectivity index (χ0v) is 17.2. The summed E-state index contributed by atoms with van der Waals surface area (Å²) >= 11 is 4.91. The van der Waals surface area contributed by atoms with Crippen molar-refractivity contribution in [2.45, 2.75) is 11.4 Å². The standard InChI is InChI=1S/C21H16BrN3O2S/c22-15-5-7-17(8-6-15)25(12-16-3-1-2-10-23-16)21(27)14-4-9-19-18(11-14)24-20(26)13-28-19/h1-11H,12-13H2,(H,24,26). The van der Waals surface area contributed by atoms with Gasteiger partial charge in [-0.1, -0.05) is 22.0 Å². The van der Waals surface area contributed by atoms with E-state index in [2.05, 4.69) is 26.2 Å². The van der Waals surface area contributed by atoms with Gasteiger partial charge in [-0.3, -0.25) is 14.6 Å². The highest BCUT2D eigenvalue weighted by Crippen LogP contribution is 2.33.